The van der Waals surface area contributed by atoms with Gasteiger partial charge in [0.05, 0.1) is 6.61 Å². The maximum absolute atomic E-state index is 5.84. The molecule has 0 saturated heterocycles. The Morgan fingerprint density at radius 3 is 2.52 bits per heavy atom. The summed E-state index contributed by atoms with van der Waals surface area (Å²) in [5.41, 5.74) is 2.37. The Labute approximate surface area is 130 Å². The molecule has 1 aromatic rings. The first-order valence-corrected chi connectivity index (χ1v) is 8.51. The number of aryl methyl sites for hydroxylation is 1. The molecule has 1 rings (SSSR count). The summed E-state index contributed by atoms with van der Waals surface area (Å²) >= 11 is 0. The van der Waals surface area contributed by atoms with Crippen LogP contribution in [0.1, 0.15) is 71.1 Å². The van der Waals surface area contributed by atoms with Crippen molar-refractivity contribution in [1.82, 2.24) is 10.3 Å². The molecule has 1 N–H and O–H groups in total. The summed E-state index contributed by atoms with van der Waals surface area (Å²) in [6.07, 6.45) is 7.25. The van der Waals surface area contributed by atoms with Crippen LogP contribution in [0.3, 0.4) is 0 Å². The van der Waals surface area contributed by atoms with E-state index in [0.29, 0.717) is 6.04 Å². The van der Waals surface area contributed by atoms with Gasteiger partial charge >= 0.3 is 0 Å². The van der Waals surface area contributed by atoms with Crippen molar-refractivity contribution in [2.45, 2.75) is 78.8 Å². The van der Waals surface area contributed by atoms with Gasteiger partial charge in [-0.05, 0) is 24.5 Å². The van der Waals surface area contributed by atoms with Crippen LogP contribution in [0.25, 0.3) is 0 Å². The summed E-state index contributed by atoms with van der Waals surface area (Å²) in [4.78, 5) is 4.56. The summed E-state index contributed by atoms with van der Waals surface area (Å²) in [7, 11) is 0. The van der Waals surface area contributed by atoms with Gasteiger partial charge in [0.1, 0.15) is 0 Å². The van der Waals surface area contributed by atoms with Crippen molar-refractivity contribution in [3.05, 3.63) is 23.4 Å². The van der Waals surface area contributed by atoms with Crippen LogP contribution in [0, 0.1) is 0 Å². The molecule has 0 radical (unpaired) electrons. The van der Waals surface area contributed by atoms with Crippen molar-refractivity contribution in [3.8, 4) is 5.88 Å². The highest BCUT2D eigenvalue weighted by Crippen LogP contribution is 2.14. The third kappa shape index (κ3) is 8.05. The van der Waals surface area contributed by atoms with Gasteiger partial charge in [-0.15, -0.1) is 0 Å². The molecule has 0 aliphatic rings. The summed E-state index contributed by atoms with van der Waals surface area (Å²) < 4.78 is 5.84. The highest BCUT2D eigenvalue weighted by molar-refractivity contribution is 5.25. The van der Waals surface area contributed by atoms with Gasteiger partial charge in [0, 0.05) is 24.3 Å². The van der Waals surface area contributed by atoms with Crippen molar-refractivity contribution >= 4 is 0 Å². The molecule has 0 aliphatic carbocycles. The van der Waals surface area contributed by atoms with Gasteiger partial charge in [0.15, 0.2) is 0 Å². The number of nitrogens with zero attached hydrogens (tertiary/aromatic N) is 1. The second-order valence-corrected chi connectivity index (χ2v) is 5.96. The predicted molar refractivity (Wildman–Crippen MR) is 89.8 cm³/mol. The summed E-state index contributed by atoms with van der Waals surface area (Å²) in [5, 5.41) is 3.45. The van der Waals surface area contributed by atoms with Crippen LogP contribution in [0.2, 0.25) is 0 Å². The van der Waals surface area contributed by atoms with E-state index in [1.54, 1.807) is 0 Å². The Hall–Kier alpha value is -1.09. The Bertz CT molecular complexity index is 391. The number of unbranched alkanes of at least 4 members (excludes halogenated alkanes) is 4. The van der Waals surface area contributed by atoms with Crippen LogP contribution in [0.5, 0.6) is 5.88 Å². The van der Waals surface area contributed by atoms with Gasteiger partial charge < -0.3 is 10.1 Å². The fourth-order valence-corrected chi connectivity index (χ4v) is 2.18. The number of ether oxygens (including phenoxy) is 1. The molecule has 0 amide bonds. The van der Waals surface area contributed by atoms with E-state index < -0.39 is 0 Å². The second-order valence-electron chi connectivity index (χ2n) is 5.96. The molecule has 3 heteroatoms. The maximum atomic E-state index is 5.84. The molecule has 0 fully saturated rings. The first-order chi connectivity index (χ1) is 10.2. The highest BCUT2D eigenvalue weighted by atomic mass is 16.5. The molecule has 1 heterocycles. The van der Waals surface area contributed by atoms with Crippen LogP contribution in [0.15, 0.2) is 12.1 Å². The monoisotopic (exact) mass is 292 g/mol. The minimum absolute atomic E-state index is 0.492. The highest BCUT2D eigenvalue weighted by Gasteiger charge is 2.04. The number of hydrogen-bond donors (Lipinski definition) is 1. The smallest absolute Gasteiger partial charge is 0.213 e. The van der Waals surface area contributed by atoms with Crippen LogP contribution >= 0.6 is 0 Å². The number of rotatable bonds is 11. The van der Waals surface area contributed by atoms with Crippen LogP contribution in [0.4, 0.5) is 0 Å². The fraction of sp³-hybridized carbons (Fsp3) is 0.722. The first kappa shape index (κ1) is 18.0. The van der Waals surface area contributed by atoms with Crippen LogP contribution in [-0.2, 0) is 13.0 Å². The molecule has 0 unspecified atom stereocenters. The molecule has 0 aromatic carbocycles. The molecule has 120 valence electrons. The fourth-order valence-electron chi connectivity index (χ4n) is 2.18. The lowest BCUT2D eigenvalue weighted by atomic mass is 10.2. The van der Waals surface area contributed by atoms with E-state index in [9.17, 15) is 0 Å². The number of pyridine rings is 1. The molecule has 0 saturated carbocycles. The van der Waals surface area contributed by atoms with Gasteiger partial charge in [-0.1, -0.05) is 53.4 Å². The molecule has 1 aromatic heterocycles. The number of aromatic nitrogens is 1. The summed E-state index contributed by atoms with van der Waals surface area (Å²) in [6, 6.07) is 4.73. The minimum Gasteiger partial charge on any atom is -0.478 e. The quantitative estimate of drug-likeness (QED) is 0.610. The molecule has 3 nitrogen and oxygen atoms in total. The Morgan fingerprint density at radius 2 is 1.86 bits per heavy atom. The number of hydrogen-bond acceptors (Lipinski definition) is 3. The van der Waals surface area contributed by atoms with E-state index in [2.05, 4.69) is 50.1 Å². The van der Waals surface area contributed by atoms with E-state index in [0.717, 1.165) is 37.6 Å². The Kier molecular flexibility index (Phi) is 9.07. The summed E-state index contributed by atoms with van der Waals surface area (Å²) in [5.74, 6) is 0.783. The lowest BCUT2D eigenvalue weighted by Crippen LogP contribution is -2.22. The Morgan fingerprint density at radius 1 is 1.10 bits per heavy atom. The number of nitrogens with one attached hydrogen (secondary N) is 1. The van der Waals surface area contributed by atoms with Gasteiger partial charge in [0.2, 0.25) is 5.88 Å². The third-order valence-corrected chi connectivity index (χ3v) is 3.49. The van der Waals surface area contributed by atoms with E-state index in [-0.39, 0.29) is 0 Å². The van der Waals surface area contributed by atoms with E-state index in [4.69, 9.17) is 4.74 Å². The zero-order chi connectivity index (χ0) is 15.5. The molecule has 0 atom stereocenters. The standard InChI is InChI=1S/C18H32N2O/c1-5-7-8-9-10-11-21-18-13-16(14-19-15(3)4)12-17(6-2)20-18/h12-13,15,19H,5-11,14H2,1-4H3. The molecule has 0 bridgehead atoms. The second kappa shape index (κ2) is 10.6. The first-order valence-electron chi connectivity index (χ1n) is 8.51. The van der Waals surface area contributed by atoms with Crippen molar-refractivity contribution in [3.63, 3.8) is 0 Å². The van der Waals surface area contributed by atoms with E-state index in [1.807, 2.05) is 0 Å². The molecule has 0 spiro atoms. The SMILES string of the molecule is CCCCCCCOc1cc(CNC(C)C)cc(CC)n1. The van der Waals surface area contributed by atoms with E-state index in [1.165, 1.54) is 31.2 Å². The van der Waals surface area contributed by atoms with Gasteiger partial charge in [-0.25, -0.2) is 4.98 Å². The van der Waals surface area contributed by atoms with Crippen molar-refractivity contribution < 1.29 is 4.74 Å². The van der Waals surface area contributed by atoms with Crippen LogP contribution < -0.4 is 10.1 Å². The molecular formula is C18H32N2O. The van der Waals surface area contributed by atoms with Crippen molar-refractivity contribution in [2.24, 2.45) is 0 Å². The van der Waals surface area contributed by atoms with Gasteiger partial charge in [-0.3, -0.25) is 0 Å². The Balaban J connectivity index is 2.46. The lowest BCUT2D eigenvalue weighted by Gasteiger charge is -2.12. The molecule has 21 heavy (non-hydrogen) atoms. The van der Waals surface area contributed by atoms with Crippen molar-refractivity contribution in [2.75, 3.05) is 6.61 Å². The average molecular weight is 292 g/mol. The van der Waals surface area contributed by atoms with Crippen molar-refractivity contribution in [1.29, 1.82) is 0 Å². The average Bonchev–Trinajstić information content (AvgIpc) is 2.48. The lowest BCUT2D eigenvalue weighted by molar-refractivity contribution is 0.292. The van der Waals surface area contributed by atoms with E-state index >= 15 is 0 Å². The largest absolute Gasteiger partial charge is 0.478 e. The third-order valence-electron chi connectivity index (χ3n) is 3.49. The van der Waals surface area contributed by atoms with Gasteiger partial charge in [0.25, 0.3) is 0 Å². The summed E-state index contributed by atoms with van der Waals surface area (Å²) in [6.45, 7) is 10.4. The predicted octanol–water partition coefficient (Wildman–Crippen LogP) is 4.49. The minimum atomic E-state index is 0.492. The molecule has 0 aliphatic heterocycles. The zero-order valence-electron chi connectivity index (χ0n) is 14.2. The molecular weight excluding hydrogens is 260 g/mol. The normalized spacial score (nSPS) is 11.1. The van der Waals surface area contributed by atoms with Gasteiger partial charge in [-0.2, -0.15) is 0 Å². The van der Waals surface area contributed by atoms with Crippen LogP contribution in [-0.4, -0.2) is 17.6 Å². The maximum Gasteiger partial charge on any atom is 0.213 e. The topological polar surface area (TPSA) is 34.1 Å². The zero-order valence-corrected chi connectivity index (χ0v) is 14.2.